The Hall–Kier alpha value is -3.14. The summed E-state index contributed by atoms with van der Waals surface area (Å²) in [6, 6.07) is 7.27. The lowest BCUT2D eigenvalue weighted by Crippen LogP contribution is -2.48. The molecule has 0 bridgehead atoms. The van der Waals surface area contributed by atoms with Crippen molar-refractivity contribution in [1.29, 1.82) is 0 Å². The third-order valence-electron chi connectivity index (χ3n) is 4.82. The van der Waals surface area contributed by atoms with Crippen LogP contribution in [0.5, 0.6) is 0 Å². The third-order valence-corrected chi connectivity index (χ3v) is 4.82. The Bertz CT molecular complexity index is 941. The highest BCUT2D eigenvalue weighted by molar-refractivity contribution is 5.92. The fourth-order valence-corrected chi connectivity index (χ4v) is 3.12. The average molecular weight is 440 g/mol. The minimum atomic E-state index is -4.52. The van der Waals surface area contributed by atoms with Crippen molar-refractivity contribution >= 4 is 17.7 Å². The number of nitrogens with zero attached hydrogens (tertiary/aromatic N) is 2. The number of carbonyl (C=O) groups excluding carboxylic acids is 2. The van der Waals surface area contributed by atoms with Crippen molar-refractivity contribution in [3.63, 3.8) is 0 Å². The van der Waals surface area contributed by atoms with E-state index in [0.29, 0.717) is 26.3 Å². The third kappa shape index (κ3) is 5.32. The molecule has 0 spiro atoms. The van der Waals surface area contributed by atoms with Crippen molar-refractivity contribution in [2.45, 2.75) is 12.7 Å². The molecule has 1 aliphatic rings. The summed E-state index contributed by atoms with van der Waals surface area (Å²) in [5.41, 5.74) is -0.580. The van der Waals surface area contributed by atoms with Crippen LogP contribution in [0.3, 0.4) is 0 Å². The van der Waals surface area contributed by atoms with Gasteiger partial charge in [0.1, 0.15) is 5.82 Å². The van der Waals surface area contributed by atoms with E-state index in [9.17, 15) is 27.2 Å². The van der Waals surface area contributed by atoms with E-state index in [0.717, 1.165) is 18.2 Å². The summed E-state index contributed by atoms with van der Waals surface area (Å²) in [7, 11) is 1.17. The first-order valence-corrected chi connectivity index (χ1v) is 9.39. The van der Waals surface area contributed by atoms with Gasteiger partial charge >= 0.3 is 18.2 Å². The Kier molecular flexibility index (Phi) is 6.79. The molecule has 10 heteroatoms. The molecule has 1 aliphatic heterocycles. The van der Waals surface area contributed by atoms with Gasteiger partial charge in [0.15, 0.2) is 0 Å². The maximum Gasteiger partial charge on any atom is 0.416 e. The van der Waals surface area contributed by atoms with Crippen LogP contribution in [-0.2, 0) is 22.2 Å². The van der Waals surface area contributed by atoms with Gasteiger partial charge in [0.2, 0.25) is 0 Å². The van der Waals surface area contributed by atoms with Crippen LogP contribution in [0.2, 0.25) is 0 Å². The smallest absolute Gasteiger partial charge is 0.416 e. The molecule has 2 aromatic rings. The van der Waals surface area contributed by atoms with E-state index in [2.05, 4.69) is 4.74 Å². The van der Waals surface area contributed by atoms with Gasteiger partial charge in [-0.2, -0.15) is 13.2 Å². The van der Waals surface area contributed by atoms with E-state index in [1.54, 1.807) is 0 Å². The van der Waals surface area contributed by atoms with Crippen molar-refractivity contribution < 1.29 is 36.6 Å². The quantitative estimate of drug-likeness (QED) is 0.531. The van der Waals surface area contributed by atoms with E-state index in [4.69, 9.17) is 4.74 Å². The maximum absolute atomic E-state index is 14.6. The van der Waals surface area contributed by atoms with Crippen molar-refractivity contribution in [1.82, 2.24) is 4.90 Å². The molecule has 0 N–H and O–H groups in total. The topological polar surface area (TPSA) is 59.1 Å². The van der Waals surface area contributed by atoms with E-state index in [-0.39, 0.29) is 23.4 Å². The molecular formula is C21H20F4N2O4. The van der Waals surface area contributed by atoms with Crippen molar-refractivity contribution in [3.05, 3.63) is 65.0 Å². The number of hydrogen-bond acceptors (Lipinski definition) is 4. The van der Waals surface area contributed by atoms with Gasteiger partial charge in [-0.1, -0.05) is 6.07 Å². The van der Waals surface area contributed by atoms with Crippen molar-refractivity contribution in [2.75, 3.05) is 38.3 Å². The van der Waals surface area contributed by atoms with Crippen LogP contribution in [0.25, 0.3) is 0 Å². The Morgan fingerprint density at radius 3 is 2.29 bits per heavy atom. The molecule has 1 fully saturated rings. The van der Waals surface area contributed by atoms with Crippen LogP contribution in [0.15, 0.2) is 42.5 Å². The summed E-state index contributed by atoms with van der Waals surface area (Å²) in [4.78, 5) is 27.4. The highest BCUT2D eigenvalue weighted by Crippen LogP contribution is 2.31. The molecule has 0 radical (unpaired) electrons. The molecule has 0 atom stereocenters. The van der Waals surface area contributed by atoms with E-state index in [1.165, 1.54) is 41.2 Å². The lowest BCUT2D eigenvalue weighted by Gasteiger charge is -2.33. The largest absolute Gasteiger partial charge is 0.465 e. The Labute approximate surface area is 175 Å². The van der Waals surface area contributed by atoms with Gasteiger partial charge < -0.3 is 14.4 Å². The predicted molar refractivity (Wildman–Crippen MR) is 103 cm³/mol. The van der Waals surface area contributed by atoms with Crippen LogP contribution >= 0.6 is 0 Å². The van der Waals surface area contributed by atoms with E-state index >= 15 is 0 Å². The van der Waals surface area contributed by atoms with Crippen LogP contribution < -0.4 is 4.90 Å². The number of ether oxygens (including phenoxy) is 2. The van der Waals surface area contributed by atoms with Gasteiger partial charge in [0, 0.05) is 24.3 Å². The van der Waals surface area contributed by atoms with Crippen LogP contribution in [0, 0.1) is 5.82 Å². The summed E-state index contributed by atoms with van der Waals surface area (Å²) < 4.78 is 63.1. The number of hydrogen-bond donors (Lipinski definition) is 0. The van der Waals surface area contributed by atoms with Crippen LogP contribution in [0.1, 0.15) is 21.5 Å². The van der Waals surface area contributed by atoms with Gasteiger partial charge in [0.05, 0.1) is 38.0 Å². The molecule has 0 aromatic heterocycles. The second-order valence-corrected chi connectivity index (χ2v) is 6.81. The number of morpholine rings is 1. The summed E-state index contributed by atoms with van der Waals surface area (Å²) in [6.45, 7) is 1.03. The highest BCUT2D eigenvalue weighted by Gasteiger charge is 2.31. The Morgan fingerprint density at radius 2 is 1.74 bits per heavy atom. The molecule has 3 rings (SSSR count). The number of halogens is 4. The first kappa shape index (κ1) is 22.5. The lowest BCUT2D eigenvalue weighted by atomic mass is 10.1. The summed E-state index contributed by atoms with van der Waals surface area (Å²) in [5, 5.41) is 0. The number of urea groups is 1. The Balaban J connectivity index is 1.92. The van der Waals surface area contributed by atoms with Crippen LogP contribution in [-0.4, -0.2) is 50.3 Å². The Morgan fingerprint density at radius 1 is 1.10 bits per heavy atom. The van der Waals surface area contributed by atoms with Crippen molar-refractivity contribution in [2.24, 2.45) is 0 Å². The second kappa shape index (κ2) is 9.34. The number of carbonyl (C=O) groups is 2. The number of methoxy groups -OCH3 is 1. The van der Waals surface area contributed by atoms with Gasteiger partial charge in [-0.25, -0.2) is 14.0 Å². The molecule has 2 aromatic carbocycles. The molecule has 6 nitrogen and oxygen atoms in total. The SMILES string of the molecule is COC(=O)c1ccc(CN(C(=O)N2CCOCC2)c2ccc(C(F)(F)F)cc2)c(F)c1. The molecule has 0 saturated carbocycles. The standard InChI is InChI=1S/C21H20F4N2O4/c1-30-19(28)14-2-3-15(18(22)12-14)13-27(20(29)26-8-10-31-11-9-26)17-6-4-16(5-7-17)21(23,24)25/h2-7,12H,8-11,13H2,1H3. The molecule has 0 aliphatic carbocycles. The number of benzene rings is 2. The highest BCUT2D eigenvalue weighted by atomic mass is 19.4. The van der Waals surface area contributed by atoms with Crippen molar-refractivity contribution in [3.8, 4) is 0 Å². The fourth-order valence-electron chi connectivity index (χ4n) is 3.12. The normalized spacial score (nSPS) is 14.3. The summed E-state index contributed by atoms with van der Waals surface area (Å²) >= 11 is 0. The van der Waals surface area contributed by atoms with E-state index in [1.807, 2.05) is 0 Å². The first-order chi connectivity index (χ1) is 14.7. The maximum atomic E-state index is 14.6. The number of esters is 1. The first-order valence-electron chi connectivity index (χ1n) is 9.39. The van der Waals surface area contributed by atoms with Gasteiger partial charge in [0.25, 0.3) is 0 Å². The molecule has 31 heavy (non-hydrogen) atoms. The number of anilines is 1. The summed E-state index contributed by atoms with van der Waals surface area (Å²) in [6.07, 6.45) is -4.52. The van der Waals surface area contributed by atoms with Gasteiger partial charge in [-0.15, -0.1) is 0 Å². The van der Waals surface area contributed by atoms with E-state index < -0.39 is 29.6 Å². The molecular weight excluding hydrogens is 420 g/mol. The molecule has 0 unspecified atom stereocenters. The number of amides is 2. The summed E-state index contributed by atoms with van der Waals surface area (Å²) in [5.74, 6) is -1.45. The molecule has 1 heterocycles. The number of rotatable bonds is 4. The zero-order chi connectivity index (χ0) is 22.6. The van der Waals surface area contributed by atoms with Crippen LogP contribution in [0.4, 0.5) is 28.0 Å². The predicted octanol–water partition coefficient (Wildman–Crippen LogP) is 4.09. The lowest BCUT2D eigenvalue weighted by molar-refractivity contribution is -0.137. The number of alkyl halides is 3. The monoisotopic (exact) mass is 440 g/mol. The van der Waals surface area contributed by atoms with Gasteiger partial charge in [-0.05, 0) is 36.4 Å². The minimum absolute atomic E-state index is 0.00401. The fraction of sp³-hybridized carbons (Fsp3) is 0.333. The molecule has 2 amide bonds. The average Bonchev–Trinajstić information content (AvgIpc) is 2.77. The second-order valence-electron chi connectivity index (χ2n) is 6.81. The molecule has 1 saturated heterocycles. The zero-order valence-electron chi connectivity index (χ0n) is 16.6. The van der Waals surface area contributed by atoms with Gasteiger partial charge in [-0.3, -0.25) is 4.90 Å². The zero-order valence-corrected chi connectivity index (χ0v) is 16.6. The molecule has 166 valence electrons. The minimum Gasteiger partial charge on any atom is -0.465 e.